The van der Waals surface area contributed by atoms with Crippen LogP contribution in [0.4, 0.5) is 0 Å². The summed E-state index contributed by atoms with van der Waals surface area (Å²) >= 11 is 9.67. The molecule has 0 aliphatic carbocycles. The third-order valence-electron chi connectivity index (χ3n) is 1.10. The molecule has 0 saturated carbocycles. The smallest absolute Gasteiger partial charge is 0.0920 e. The molecule has 0 aliphatic rings. The molecular formula is C6H5Br2ISi. The Morgan fingerprint density at radius 2 is 1.60 bits per heavy atom. The summed E-state index contributed by atoms with van der Waals surface area (Å²) in [6, 6.07) is 10.4. The minimum absolute atomic E-state index is 1.36. The van der Waals surface area contributed by atoms with Gasteiger partial charge in [-0.1, -0.05) is 82.7 Å². The van der Waals surface area contributed by atoms with Gasteiger partial charge in [0.05, 0.1) is 0 Å². The molecule has 0 spiro atoms. The fourth-order valence-corrected chi connectivity index (χ4v) is 3.86. The second-order valence-corrected chi connectivity index (χ2v) is 27.5. The summed E-state index contributed by atoms with van der Waals surface area (Å²) in [5, 5.41) is 1.36. The van der Waals surface area contributed by atoms with Gasteiger partial charge in [0.25, 0.3) is 2.81 Å². The molecule has 1 aromatic carbocycles. The molecule has 0 amide bonds. The molecule has 0 aromatic heterocycles. The highest BCUT2D eigenvalue weighted by atomic mass is 127. The van der Waals surface area contributed by atoms with Gasteiger partial charge in [0, 0.05) is 0 Å². The first kappa shape index (κ1) is 9.22. The molecule has 0 atom stereocenters. The maximum absolute atomic E-state index is 3.63. The summed E-state index contributed by atoms with van der Waals surface area (Å²) in [6.45, 7) is 0. The average Bonchev–Trinajstić information content (AvgIpc) is 1.88. The van der Waals surface area contributed by atoms with Gasteiger partial charge in [0.2, 0.25) is 0 Å². The van der Waals surface area contributed by atoms with E-state index < -0.39 is 2.81 Å². The molecule has 0 aliphatic heterocycles. The minimum atomic E-state index is -1.44. The molecular weight excluding hydrogens is 387 g/mol. The monoisotopic (exact) mass is 390 g/mol. The normalized spacial score (nSPS) is 11.5. The molecule has 0 radical (unpaired) electrons. The quantitative estimate of drug-likeness (QED) is 0.392. The highest BCUT2D eigenvalue weighted by molar-refractivity contribution is 14.1. The molecule has 0 saturated heterocycles. The van der Waals surface area contributed by atoms with E-state index in [2.05, 4.69) is 76.6 Å². The van der Waals surface area contributed by atoms with Crippen LogP contribution in [0.15, 0.2) is 30.3 Å². The van der Waals surface area contributed by atoms with Gasteiger partial charge >= 0.3 is 0 Å². The van der Waals surface area contributed by atoms with E-state index in [0.29, 0.717) is 0 Å². The van der Waals surface area contributed by atoms with Crippen LogP contribution in [-0.4, -0.2) is 2.81 Å². The van der Waals surface area contributed by atoms with Crippen LogP contribution in [0.2, 0.25) is 0 Å². The molecule has 1 aromatic rings. The lowest BCUT2D eigenvalue weighted by Gasteiger charge is -2.07. The number of rotatable bonds is 1. The molecule has 0 nitrogen and oxygen atoms in total. The van der Waals surface area contributed by atoms with E-state index in [0.717, 1.165) is 0 Å². The Hall–Kier alpha value is 1.13. The Morgan fingerprint density at radius 3 is 1.90 bits per heavy atom. The van der Waals surface area contributed by atoms with Gasteiger partial charge in [-0.2, -0.15) is 0 Å². The van der Waals surface area contributed by atoms with E-state index >= 15 is 0 Å². The summed E-state index contributed by atoms with van der Waals surface area (Å²) in [5.41, 5.74) is 0. The summed E-state index contributed by atoms with van der Waals surface area (Å²) in [6.07, 6.45) is 0. The highest BCUT2D eigenvalue weighted by Gasteiger charge is 2.23. The average molecular weight is 392 g/mol. The van der Waals surface area contributed by atoms with Crippen molar-refractivity contribution in [3.8, 4) is 0 Å². The lowest BCUT2D eigenvalue weighted by molar-refractivity contribution is 1.77. The maximum Gasteiger partial charge on any atom is 0.292 e. The lowest BCUT2D eigenvalue weighted by Crippen LogP contribution is -2.27. The van der Waals surface area contributed by atoms with Gasteiger partial charge in [-0.3, -0.25) is 0 Å². The van der Waals surface area contributed by atoms with Gasteiger partial charge in [-0.25, -0.2) is 0 Å². The summed E-state index contributed by atoms with van der Waals surface area (Å²) in [7, 11) is 0. The summed E-state index contributed by atoms with van der Waals surface area (Å²) < 4.78 is -1.44. The number of hydrogen-bond donors (Lipinski definition) is 0. The second kappa shape index (κ2) is 3.69. The van der Waals surface area contributed by atoms with Crippen molar-refractivity contribution in [2.45, 2.75) is 0 Å². The summed E-state index contributed by atoms with van der Waals surface area (Å²) in [5.74, 6) is 0. The lowest BCUT2D eigenvalue weighted by atomic mass is 10.4. The molecule has 0 N–H and O–H groups in total. The van der Waals surface area contributed by atoms with Crippen LogP contribution in [0.1, 0.15) is 0 Å². The Kier molecular flexibility index (Phi) is 3.40. The minimum Gasteiger partial charge on any atom is -0.0920 e. The Morgan fingerprint density at radius 1 is 1.10 bits per heavy atom. The molecule has 0 fully saturated rings. The standard InChI is InChI=1S/C6H5Br2ISi/c7-10(8,9)6-4-2-1-3-5-6/h1-5H. The Bertz CT molecular complexity index is 207. The highest BCUT2D eigenvalue weighted by Crippen LogP contribution is 2.26. The van der Waals surface area contributed by atoms with E-state index in [4.69, 9.17) is 0 Å². The SMILES string of the molecule is Br[Si](Br)(I)c1ccccc1. The zero-order valence-corrected chi connectivity index (χ0v) is 11.4. The van der Waals surface area contributed by atoms with Crippen LogP contribution < -0.4 is 5.19 Å². The third-order valence-corrected chi connectivity index (χ3v) is 6.70. The van der Waals surface area contributed by atoms with Crippen molar-refractivity contribution in [2.24, 2.45) is 0 Å². The topological polar surface area (TPSA) is 0 Å². The van der Waals surface area contributed by atoms with Crippen molar-refractivity contribution in [2.75, 3.05) is 0 Å². The van der Waals surface area contributed by atoms with Crippen molar-refractivity contribution >= 4 is 60.4 Å². The van der Waals surface area contributed by atoms with Crippen molar-refractivity contribution in [3.63, 3.8) is 0 Å². The molecule has 10 heavy (non-hydrogen) atoms. The van der Waals surface area contributed by atoms with Crippen molar-refractivity contribution in [1.29, 1.82) is 0 Å². The summed E-state index contributed by atoms with van der Waals surface area (Å²) in [4.78, 5) is 0. The predicted molar refractivity (Wildman–Crippen MR) is 63.7 cm³/mol. The first-order valence-electron chi connectivity index (χ1n) is 2.73. The van der Waals surface area contributed by atoms with Gasteiger partial charge in [-0.05, 0) is 5.19 Å². The van der Waals surface area contributed by atoms with Gasteiger partial charge in [0.15, 0.2) is 0 Å². The van der Waals surface area contributed by atoms with Crippen LogP contribution in [0.5, 0.6) is 0 Å². The van der Waals surface area contributed by atoms with Crippen molar-refractivity contribution in [1.82, 2.24) is 0 Å². The number of hydrogen-bond acceptors (Lipinski definition) is 0. The van der Waals surface area contributed by atoms with E-state index in [1.54, 1.807) is 0 Å². The van der Waals surface area contributed by atoms with Crippen LogP contribution in [0.3, 0.4) is 0 Å². The van der Waals surface area contributed by atoms with Crippen molar-refractivity contribution < 1.29 is 0 Å². The number of benzene rings is 1. The Balaban J connectivity index is 2.97. The van der Waals surface area contributed by atoms with Gasteiger partial charge in [0.1, 0.15) is 0 Å². The van der Waals surface area contributed by atoms with E-state index in [9.17, 15) is 0 Å². The van der Waals surface area contributed by atoms with E-state index in [1.165, 1.54) is 5.19 Å². The second-order valence-electron chi connectivity index (χ2n) is 1.86. The van der Waals surface area contributed by atoms with E-state index in [1.807, 2.05) is 6.07 Å². The zero-order chi connectivity index (χ0) is 7.61. The fraction of sp³-hybridized carbons (Fsp3) is 0. The van der Waals surface area contributed by atoms with Crippen LogP contribution in [0, 0.1) is 0 Å². The molecule has 1 rings (SSSR count). The zero-order valence-electron chi connectivity index (χ0n) is 5.02. The number of halogens is 3. The van der Waals surface area contributed by atoms with Crippen molar-refractivity contribution in [3.05, 3.63) is 30.3 Å². The molecule has 0 unspecified atom stereocenters. The molecule has 4 heteroatoms. The largest absolute Gasteiger partial charge is 0.292 e. The first-order valence-corrected chi connectivity index (χ1v) is 12.4. The van der Waals surface area contributed by atoms with Gasteiger partial charge in [-0.15, -0.1) is 0 Å². The van der Waals surface area contributed by atoms with Gasteiger partial charge < -0.3 is 0 Å². The van der Waals surface area contributed by atoms with Crippen LogP contribution >= 0.6 is 52.4 Å². The maximum atomic E-state index is 3.63. The molecule has 0 bridgehead atoms. The third kappa shape index (κ3) is 2.63. The van der Waals surface area contributed by atoms with E-state index in [-0.39, 0.29) is 0 Å². The molecule has 0 heterocycles. The fourth-order valence-electron chi connectivity index (χ4n) is 0.627. The predicted octanol–water partition coefficient (Wildman–Crippen LogP) is 3.06. The van der Waals surface area contributed by atoms with Crippen LogP contribution in [0.25, 0.3) is 0 Å². The van der Waals surface area contributed by atoms with Crippen LogP contribution in [-0.2, 0) is 0 Å². The molecule has 54 valence electrons. The first-order chi connectivity index (χ1) is 4.61. The Labute approximate surface area is 89.8 Å².